The van der Waals surface area contributed by atoms with E-state index in [-0.39, 0.29) is 29.4 Å². The van der Waals surface area contributed by atoms with Gasteiger partial charge < -0.3 is 19.9 Å². The highest BCUT2D eigenvalue weighted by Gasteiger charge is 2.35. The van der Waals surface area contributed by atoms with Gasteiger partial charge in [-0.05, 0) is 30.4 Å². The third kappa shape index (κ3) is 6.63. The molecule has 0 aromatic carbocycles. The smallest absolute Gasteiger partial charge is 0.191 e. The van der Waals surface area contributed by atoms with Gasteiger partial charge in [0.2, 0.25) is 0 Å². The number of hydrogen-bond acceptors (Lipinski definition) is 2. The molecule has 1 aliphatic rings. The molecular weight excluding hydrogens is 415 g/mol. The maximum atomic E-state index is 6.05. The zero-order chi connectivity index (χ0) is 16.7. The number of ether oxygens (including phenoxy) is 1. The molecule has 0 saturated carbocycles. The Kier molecular flexibility index (Phi) is 9.12. The fourth-order valence-electron chi connectivity index (χ4n) is 3.28. The van der Waals surface area contributed by atoms with Crippen LogP contribution in [0.1, 0.15) is 33.6 Å². The van der Waals surface area contributed by atoms with Crippen LogP contribution in [0.4, 0.5) is 0 Å². The highest BCUT2D eigenvalue weighted by atomic mass is 127. The first-order valence-electron chi connectivity index (χ1n) is 8.67. The van der Waals surface area contributed by atoms with Gasteiger partial charge in [0.1, 0.15) is 0 Å². The predicted octanol–water partition coefficient (Wildman–Crippen LogP) is 3.11. The van der Waals surface area contributed by atoms with Gasteiger partial charge in [-0.15, -0.1) is 24.0 Å². The predicted molar refractivity (Wildman–Crippen MR) is 111 cm³/mol. The maximum Gasteiger partial charge on any atom is 0.191 e. The van der Waals surface area contributed by atoms with Gasteiger partial charge in [0.05, 0.1) is 6.10 Å². The second-order valence-electron chi connectivity index (χ2n) is 7.36. The molecule has 0 radical (unpaired) electrons. The molecule has 1 saturated heterocycles. The lowest BCUT2D eigenvalue weighted by atomic mass is 9.78. The SMILES string of the molecule is CN=C(NCCn1cccc1)NCC1CCCOC1C(C)(C)C.I. The van der Waals surface area contributed by atoms with Gasteiger partial charge >= 0.3 is 0 Å². The van der Waals surface area contributed by atoms with Gasteiger partial charge in [0, 0.05) is 51.6 Å². The summed E-state index contributed by atoms with van der Waals surface area (Å²) in [6, 6.07) is 4.09. The van der Waals surface area contributed by atoms with E-state index >= 15 is 0 Å². The van der Waals surface area contributed by atoms with E-state index in [1.807, 2.05) is 19.2 Å². The lowest BCUT2D eigenvalue weighted by molar-refractivity contribution is -0.0835. The number of aliphatic imine (C=N–C) groups is 1. The first-order valence-corrected chi connectivity index (χ1v) is 8.67. The Hall–Kier alpha value is -0.760. The van der Waals surface area contributed by atoms with Crippen molar-refractivity contribution in [2.45, 2.75) is 46.3 Å². The minimum absolute atomic E-state index is 0. The number of nitrogens with one attached hydrogen (secondary N) is 2. The Morgan fingerprint density at radius 1 is 1.25 bits per heavy atom. The average molecular weight is 448 g/mol. The summed E-state index contributed by atoms with van der Waals surface area (Å²) < 4.78 is 8.21. The Bertz CT molecular complexity index is 482. The number of rotatable bonds is 5. The second kappa shape index (κ2) is 10.3. The molecule has 24 heavy (non-hydrogen) atoms. The minimum atomic E-state index is 0. The normalized spacial score (nSPS) is 21.9. The number of halogens is 1. The first-order chi connectivity index (χ1) is 11.0. The van der Waals surface area contributed by atoms with Crippen molar-refractivity contribution in [3.05, 3.63) is 24.5 Å². The number of hydrogen-bond donors (Lipinski definition) is 2. The molecule has 2 heterocycles. The highest BCUT2D eigenvalue weighted by Crippen LogP contribution is 2.33. The van der Waals surface area contributed by atoms with E-state index in [2.05, 4.69) is 53.4 Å². The van der Waals surface area contributed by atoms with Crippen molar-refractivity contribution in [1.82, 2.24) is 15.2 Å². The van der Waals surface area contributed by atoms with Crippen LogP contribution in [0.15, 0.2) is 29.5 Å². The van der Waals surface area contributed by atoms with Crippen LogP contribution in [-0.4, -0.2) is 43.4 Å². The zero-order valence-electron chi connectivity index (χ0n) is 15.4. The van der Waals surface area contributed by atoms with Crippen LogP contribution in [-0.2, 0) is 11.3 Å². The molecule has 6 heteroatoms. The van der Waals surface area contributed by atoms with Crippen molar-refractivity contribution in [3.8, 4) is 0 Å². The topological polar surface area (TPSA) is 50.6 Å². The molecule has 1 aromatic heterocycles. The monoisotopic (exact) mass is 448 g/mol. The molecule has 2 N–H and O–H groups in total. The van der Waals surface area contributed by atoms with Crippen molar-refractivity contribution >= 4 is 29.9 Å². The van der Waals surface area contributed by atoms with Crippen LogP contribution >= 0.6 is 24.0 Å². The Morgan fingerprint density at radius 3 is 2.58 bits per heavy atom. The minimum Gasteiger partial charge on any atom is -0.377 e. The van der Waals surface area contributed by atoms with E-state index in [0.29, 0.717) is 12.0 Å². The molecule has 2 atom stereocenters. The van der Waals surface area contributed by atoms with E-state index in [1.54, 1.807) is 0 Å². The molecule has 0 bridgehead atoms. The van der Waals surface area contributed by atoms with Crippen molar-refractivity contribution in [2.24, 2.45) is 16.3 Å². The molecule has 5 nitrogen and oxygen atoms in total. The Labute approximate surface area is 163 Å². The van der Waals surface area contributed by atoms with Crippen LogP contribution in [0.5, 0.6) is 0 Å². The van der Waals surface area contributed by atoms with Crippen molar-refractivity contribution < 1.29 is 4.74 Å². The van der Waals surface area contributed by atoms with Crippen molar-refractivity contribution in [3.63, 3.8) is 0 Å². The van der Waals surface area contributed by atoms with E-state index in [0.717, 1.165) is 38.6 Å². The lowest BCUT2D eigenvalue weighted by Crippen LogP contribution is -2.47. The van der Waals surface area contributed by atoms with Crippen molar-refractivity contribution in [2.75, 3.05) is 26.7 Å². The van der Waals surface area contributed by atoms with E-state index in [1.165, 1.54) is 6.42 Å². The number of guanidine groups is 1. The molecule has 0 aliphatic carbocycles. The summed E-state index contributed by atoms with van der Waals surface area (Å²) in [5, 5.41) is 6.85. The summed E-state index contributed by atoms with van der Waals surface area (Å²) in [4.78, 5) is 4.32. The van der Waals surface area contributed by atoms with Crippen LogP contribution in [0.3, 0.4) is 0 Å². The standard InChI is InChI=1S/C18H32N4O.HI/c1-18(2,3)16-15(8-7-13-23-16)14-21-17(19-4)20-9-12-22-10-5-6-11-22;/h5-6,10-11,15-16H,7-9,12-14H2,1-4H3,(H2,19,20,21);1H. The molecule has 138 valence electrons. The van der Waals surface area contributed by atoms with E-state index in [4.69, 9.17) is 4.74 Å². The maximum absolute atomic E-state index is 6.05. The summed E-state index contributed by atoms with van der Waals surface area (Å²) >= 11 is 0. The van der Waals surface area contributed by atoms with Crippen LogP contribution in [0.2, 0.25) is 0 Å². The third-order valence-electron chi connectivity index (χ3n) is 4.38. The van der Waals surface area contributed by atoms with Crippen LogP contribution in [0, 0.1) is 11.3 Å². The molecule has 0 spiro atoms. The van der Waals surface area contributed by atoms with E-state index < -0.39 is 0 Å². The summed E-state index contributed by atoms with van der Waals surface area (Å²) in [5.41, 5.74) is 0.179. The second-order valence-corrected chi connectivity index (χ2v) is 7.36. The fourth-order valence-corrected chi connectivity index (χ4v) is 3.28. The molecule has 1 aromatic rings. The van der Waals surface area contributed by atoms with Gasteiger partial charge in [-0.3, -0.25) is 4.99 Å². The van der Waals surface area contributed by atoms with Crippen LogP contribution < -0.4 is 10.6 Å². The zero-order valence-corrected chi connectivity index (χ0v) is 17.7. The number of nitrogens with zero attached hydrogens (tertiary/aromatic N) is 2. The molecule has 1 aliphatic heterocycles. The largest absolute Gasteiger partial charge is 0.377 e. The average Bonchev–Trinajstić information content (AvgIpc) is 3.03. The Balaban J connectivity index is 0.00000288. The molecule has 1 fully saturated rings. The summed E-state index contributed by atoms with van der Waals surface area (Å²) in [6.07, 6.45) is 6.83. The number of aromatic nitrogens is 1. The highest BCUT2D eigenvalue weighted by molar-refractivity contribution is 14.0. The Morgan fingerprint density at radius 2 is 1.96 bits per heavy atom. The van der Waals surface area contributed by atoms with E-state index in [9.17, 15) is 0 Å². The summed E-state index contributed by atoms with van der Waals surface area (Å²) in [6.45, 7) is 10.4. The summed E-state index contributed by atoms with van der Waals surface area (Å²) in [7, 11) is 1.82. The summed E-state index contributed by atoms with van der Waals surface area (Å²) in [5.74, 6) is 1.40. The first kappa shape index (κ1) is 21.3. The van der Waals surface area contributed by atoms with Gasteiger partial charge in [-0.25, -0.2) is 0 Å². The van der Waals surface area contributed by atoms with Gasteiger partial charge in [-0.2, -0.15) is 0 Å². The lowest BCUT2D eigenvalue weighted by Gasteiger charge is -2.40. The molecule has 2 rings (SSSR count). The van der Waals surface area contributed by atoms with Crippen molar-refractivity contribution in [1.29, 1.82) is 0 Å². The van der Waals surface area contributed by atoms with Gasteiger partial charge in [0.25, 0.3) is 0 Å². The van der Waals surface area contributed by atoms with Gasteiger partial charge in [0.15, 0.2) is 5.96 Å². The molecular formula is C18H33IN4O. The fraction of sp³-hybridized carbons (Fsp3) is 0.722. The molecule has 2 unspecified atom stereocenters. The van der Waals surface area contributed by atoms with Gasteiger partial charge in [-0.1, -0.05) is 20.8 Å². The third-order valence-corrected chi connectivity index (χ3v) is 4.38. The quantitative estimate of drug-likeness (QED) is 0.414. The van der Waals surface area contributed by atoms with Crippen LogP contribution in [0.25, 0.3) is 0 Å². The molecule has 0 amide bonds.